The summed E-state index contributed by atoms with van der Waals surface area (Å²) in [7, 11) is 0. The van der Waals surface area contributed by atoms with Gasteiger partial charge in [-0.1, -0.05) is 24.3 Å². The molecule has 1 aromatic rings. The third-order valence-corrected chi connectivity index (χ3v) is 3.84. The van der Waals surface area contributed by atoms with Gasteiger partial charge in [0.1, 0.15) is 23.2 Å². The molecule has 0 saturated carbocycles. The maximum absolute atomic E-state index is 12.2. The molecule has 0 spiro atoms. The summed E-state index contributed by atoms with van der Waals surface area (Å²) in [4.78, 5) is 12.2. The molecule has 4 nitrogen and oxygen atoms in total. The van der Waals surface area contributed by atoms with Crippen LogP contribution in [0.1, 0.15) is 48.2 Å². The van der Waals surface area contributed by atoms with Crippen molar-refractivity contribution >= 4 is 5.97 Å². The van der Waals surface area contributed by atoms with Crippen LogP contribution in [0.2, 0.25) is 0 Å². The van der Waals surface area contributed by atoms with E-state index >= 15 is 0 Å². The molecule has 1 aromatic carbocycles. The maximum atomic E-state index is 12.2. The van der Waals surface area contributed by atoms with Crippen LogP contribution in [0.3, 0.4) is 0 Å². The molecule has 1 heterocycles. The Hall–Kier alpha value is -2.23. The Bertz CT molecular complexity index is 614. The highest BCUT2D eigenvalue weighted by Gasteiger charge is 2.31. The molecule has 22 heavy (non-hydrogen) atoms. The summed E-state index contributed by atoms with van der Waals surface area (Å²) in [5.41, 5.74) is 1.21. The van der Waals surface area contributed by atoms with Crippen molar-refractivity contribution in [1.82, 2.24) is 0 Å². The molecule has 0 unspecified atom stereocenters. The summed E-state index contributed by atoms with van der Waals surface area (Å²) in [5.74, 6) is -0.646. The van der Waals surface area contributed by atoms with E-state index in [2.05, 4.69) is 0 Å². The number of carbonyl (C=O) groups excluding carboxylic acids is 1. The molecule has 1 aliphatic heterocycles. The lowest BCUT2D eigenvalue weighted by Gasteiger charge is -2.26. The van der Waals surface area contributed by atoms with Gasteiger partial charge in [-0.15, -0.1) is 0 Å². The van der Waals surface area contributed by atoms with Gasteiger partial charge in [0.15, 0.2) is 0 Å². The lowest BCUT2D eigenvalue weighted by molar-refractivity contribution is 0.0235. The number of hydrogen-bond acceptors (Lipinski definition) is 4. The first kappa shape index (κ1) is 16.1. The average molecular weight is 302 g/mol. The van der Waals surface area contributed by atoms with E-state index in [0.717, 1.165) is 12.8 Å². The number of aromatic hydroxyl groups is 2. The quantitative estimate of drug-likeness (QED) is 0.643. The van der Waals surface area contributed by atoms with Gasteiger partial charge in [-0.25, -0.2) is 4.79 Å². The van der Waals surface area contributed by atoms with Gasteiger partial charge in [-0.3, -0.25) is 0 Å². The number of phenols is 2. The molecule has 2 rings (SSSR count). The van der Waals surface area contributed by atoms with Crippen molar-refractivity contribution < 1.29 is 19.7 Å². The van der Waals surface area contributed by atoms with E-state index < -0.39 is 5.97 Å². The highest BCUT2D eigenvalue weighted by Crippen LogP contribution is 2.38. The molecule has 0 aliphatic carbocycles. The Labute approximate surface area is 130 Å². The second kappa shape index (κ2) is 7.16. The highest BCUT2D eigenvalue weighted by molar-refractivity contribution is 5.96. The Kier molecular flexibility index (Phi) is 5.26. The third-order valence-electron chi connectivity index (χ3n) is 3.84. The van der Waals surface area contributed by atoms with E-state index in [0.29, 0.717) is 24.0 Å². The van der Waals surface area contributed by atoms with Gasteiger partial charge < -0.3 is 14.9 Å². The number of benzene rings is 1. The van der Waals surface area contributed by atoms with Crippen molar-refractivity contribution in [3.63, 3.8) is 0 Å². The molecular weight excluding hydrogens is 280 g/mol. The molecule has 0 aromatic heterocycles. The molecule has 118 valence electrons. The standard InChI is InChI=1S/C18H22O4/c1-3-5-7-8-13-10-12-11-15(19)14(9-6-4-2)17(20)16(12)18(21)22-13/h3-6,11,13,19-20H,7-10H2,1-2H3/t13-/m1/s1. The van der Waals surface area contributed by atoms with Crippen molar-refractivity contribution in [3.8, 4) is 11.5 Å². The van der Waals surface area contributed by atoms with Crippen LogP contribution in [0, 0.1) is 0 Å². The van der Waals surface area contributed by atoms with Gasteiger partial charge in [0.05, 0.1) is 0 Å². The molecule has 0 fully saturated rings. The molecule has 1 atom stereocenters. The first-order valence-corrected chi connectivity index (χ1v) is 7.58. The van der Waals surface area contributed by atoms with Crippen LogP contribution in [-0.2, 0) is 17.6 Å². The van der Waals surface area contributed by atoms with Gasteiger partial charge in [-0.05, 0) is 44.7 Å². The summed E-state index contributed by atoms with van der Waals surface area (Å²) >= 11 is 0. The lowest BCUT2D eigenvalue weighted by Crippen LogP contribution is -2.28. The fourth-order valence-electron chi connectivity index (χ4n) is 2.68. The van der Waals surface area contributed by atoms with Crippen LogP contribution < -0.4 is 0 Å². The topological polar surface area (TPSA) is 66.8 Å². The number of hydrogen-bond donors (Lipinski definition) is 2. The maximum Gasteiger partial charge on any atom is 0.342 e. The third kappa shape index (κ3) is 3.32. The predicted molar refractivity (Wildman–Crippen MR) is 85.2 cm³/mol. The van der Waals surface area contributed by atoms with Gasteiger partial charge in [-0.2, -0.15) is 0 Å². The normalized spacial score (nSPS) is 17.9. The molecule has 0 amide bonds. The van der Waals surface area contributed by atoms with E-state index in [-0.39, 0.29) is 23.2 Å². The van der Waals surface area contributed by atoms with Crippen LogP contribution in [0.5, 0.6) is 11.5 Å². The lowest BCUT2D eigenvalue weighted by atomic mass is 9.92. The zero-order valence-corrected chi connectivity index (χ0v) is 13.0. The number of carbonyl (C=O) groups is 1. The van der Waals surface area contributed by atoms with Crippen LogP contribution in [0.25, 0.3) is 0 Å². The van der Waals surface area contributed by atoms with Crippen LogP contribution in [-0.4, -0.2) is 22.3 Å². The monoisotopic (exact) mass is 302 g/mol. The summed E-state index contributed by atoms with van der Waals surface area (Å²) in [6.07, 6.45) is 9.88. The predicted octanol–water partition coefficient (Wildman–Crippen LogP) is 3.65. The number of rotatable bonds is 5. The van der Waals surface area contributed by atoms with E-state index in [9.17, 15) is 15.0 Å². The number of ether oxygens (including phenoxy) is 1. The molecular formula is C18H22O4. The average Bonchev–Trinajstić information content (AvgIpc) is 2.46. The van der Waals surface area contributed by atoms with Gasteiger partial charge >= 0.3 is 5.97 Å². The second-order valence-electron chi connectivity index (χ2n) is 5.41. The minimum Gasteiger partial charge on any atom is -0.508 e. The minimum atomic E-state index is -0.508. The number of esters is 1. The van der Waals surface area contributed by atoms with Crippen LogP contribution >= 0.6 is 0 Å². The number of fused-ring (bicyclic) bond motifs is 1. The zero-order chi connectivity index (χ0) is 16.1. The van der Waals surface area contributed by atoms with E-state index in [1.54, 1.807) is 6.07 Å². The van der Waals surface area contributed by atoms with Crippen molar-refractivity contribution in [2.75, 3.05) is 0 Å². The fourth-order valence-corrected chi connectivity index (χ4v) is 2.68. The first-order valence-electron chi connectivity index (χ1n) is 7.58. The number of cyclic esters (lactones) is 1. The Morgan fingerprint density at radius 3 is 2.68 bits per heavy atom. The molecule has 0 saturated heterocycles. The fraction of sp³-hybridized carbons (Fsp3) is 0.389. The van der Waals surface area contributed by atoms with E-state index in [1.165, 1.54) is 0 Å². The highest BCUT2D eigenvalue weighted by atomic mass is 16.5. The second-order valence-corrected chi connectivity index (χ2v) is 5.41. The van der Waals surface area contributed by atoms with Gasteiger partial charge in [0.2, 0.25) is 0 Å². The van der Waals surface area contributed by atoms with Crippen molar-refractivity contribution in [3.05, 3.63) is 47.1 Å². The molecule has 0 bridgehead atoms. The van der Waals surface area contributed by atoms with Crippen LogP contribution in [0.15, 0.2) is 30.4 Å². The Morgan fingerprint density at radius 1 is 1.27 bits per heavy atom. The zero-order valence-electron chi connectivity index (χ0n) is 13.0. The molecule has 0 radical (unpaired) electrons. The molecule has 2 N–H and O–H groups in total. The Balaban J connectivity index is 2.30. The van der Waals surface area contributed by atoms with Gasteiger partial charge in [0, 0.05) is 12.0 Å². The van der Waals surface area contributed by atoms with Crippen molar-refractivity contribution in [1.29, 1.82) is 0 Å². The summed E-state index contributed by atoms with van der Waals surface area (Å²) in [6, 6.07) is 1.58. The summed E-state index contributed by atoms with van der Waals surface area (Å²) in [6.45, 7) is 3.81. The summed E-state index contributed by atoms with van der Waals surface area (Å²) < 4.78 is 5.41. The number of phenolic OH excluding ortho intramolecular Hbond substituents is 2. The Morgan fingerprint density at radius 2 is 2.00 bits per heavy atom. The summed E-state index contributed by atoms with van der Waals surface area (Å²) in [5, 5.41) is 20.4. The molecule has 4 heteroatoms. The minimum absolute atomic E-state index is 0.0243. The van der Waals surface area contributed by atoms with E-state index in [4.69, 9.17) is 4.74 Å². The van der Waals surface area contributed by atoms with Crippen LogP contribution in [0.4, 0.5) is 0 Å². The van der Waals surface area contributed by atoms with Crippen molar-refractivity contribution in [2.24, 2.45) is 0 Å². The van der Waals surface area contributed by atoms with Gasteiger partial charge in [0.25, 0.3) is 0 Å². The van der Waals surface area contributed by atoms with Crippen molar-refractivity contribution in [2.45, 2.75) is 45.6 Å². The largest absolute Gasteiger partial charge is 0.508 e. The smallest absolute Gasteiger partial charge is 0.342 e. The van der Waals surface area contributed by atoms with E-state index in [1.807, 2.05) is 38.2 Å². The number of allylic oxidation sites excluding steroid dienone is 4. The molecule has 1 aliphatic rings. The first-order chi connectivity index (χ1) is 10.6. The SMILES string of the molecule is CC=CCC[C@@H]1Cc2cc(O)c(CC=CC)c(O)c2C(=O)O1.